The van der Waals surface area contributed by atoms with Crippen molar-refractivity contribution in [2.45, 2.75) is 32.1 Å². The van der Waals surface area contributed by atoms with Crippen molar-refractivity contribution in [3.8, 4) is 5.75 Å². The van der Waals surface area contributed by atoms with Crippen LogP contribution in [0.1, 0.15) is 20.8 Å². The molecular weight excluding hydrogens is 264 g/mol. The third kappa shape index (κ3) is 5.08. The van der Waals surface area contributed by atoms with Crippen LogP contribution < -0.4 is 14.8 Å². The predicted octanol–water partition coefficient (Wildman–Crippen LogP) is 1.82. The Hall–Kier alpha value is -1.27. The standard InChI is InChI=1S/C13H22N2O3S/c1-10(2)14-9-11(3)19(16,17)15-12-6-5-7-13(8-12)18-4/h5-8,10-11,14-15H,9H2,1-4H3. The number of hydrogen-bond donors (Lipinski definition) is 2. The molecule has 1 aromatic carbocycles. The monoisotopic (exact) mass is 286 g/mol. The molecule has 0 radical (unpaired) electrons. The summed E-state index contributed by atoms with van der Waals surface area (Å²) < 4.78 is 31.9. The third-order valence-corrected chi connectivity index (χ3v) is 4.42. The van der Waals surface area contributed by atoms with E-state index in [1.165, 1.54) is 0 Å². The van der Waals surface area contributed by atoms with Gasteiger partial charge in [-0.3, -0.25) is 4.72 Å². The molecular formula is C13H22N2O3S. The normalized spacial score (nSPS) is 13.3. The van der Waals surface area contributed by atoms with Gasteiger partial charge in [0.05, 0.1) is 18.0 Å². The van der Waals surface area contributed by atoms with Crippen LogP contribution in [0.15, 0.2) is 24.3 Å². The van der Waals surface area contributed by atoms with E-state index < -0.39 is 15.3 Å². The molecule has 108 valence electrons. The molecule has 0 bridgehead atoms. The smallest absolute Gasteiger partial charge is 0.236 e. The minimum absolute atomic E-state index is 0.259. The molecule has 0 saturated carbocycles. The number of rotatable bonds is 7. The Bertz CT molecular complexity index is 500. The van der Waals surface area contributed by atoms with Gasteiger partial charge in [-0.1, -0.05) is 19.9 Å². The third-order valence-electron chi connectivity index (χ3n) is 2.67. The number of sulfonamides is 1. The predicted molar refractivity (Wildman–Crippen MR) is 78.1 cm³/mol. The molecule has 0 spiro atoms. The molecule has 0 amide bonds. The van der Waals surface area contributed by atoms with Crippen LogP contribution in [-0.4, -0.2) is 33.4 Å². The van der Waals surface area contributed by atoms with Crippen molar-refractivity contribution in [1.29, 1.82) is 0 Å². The quantitative estimate of drug-likeness (QED) is 0.802. The maximum Gasteiger partial charge on any atom is 0.236 e. The number of methoxy groups -OCH3 is 1. The summed E-state index contributed by atoms with van der Waals surface area (Å²) >= 11 is 0. The van der Waals surface area contributed by atoms with E-state index in [0.29, 0.717) is 18.0 Å². The zero-order valence-electron chi connectivity index (χ0n) is 11.8. The molecule has 0 aliphatic carbocycles. The molecule has 5 nitrogen and oxygen atoms in total. The largest absolute Gasteiger partial charge is 0.497 e. The minimum Gasteiger partial charge on any atom is -0.497 e. The Balaban J connectivity index is 2.72. The molecule has 1 atom stereocenters. The van der Waals surface area contributed by atoms with Crippen molar-refractivity contribution in [3.05, 3.63) is 24.3 Å². The van der Waals surface area contributed by atoms with Gasteiger partial charge >= 0.3 is 0 Å². The topological polar surface area (TPSA) is 67.4 Å². The summed E-state index contributed by atoms with van der Waals surface area (Å²) in [6.07, 6.45) is 0. The van der Waals surface area contributed by atoms with Crippen LogP contribution in [0, 0.1) is 0 Å². The van der Waals surface area contributed by atoms with Gasteiger partial charge in [-0.2, -0.15) is 0 Å². The lowest BCUT2D eigenvalue weighted by Crippen LogP contribution is -2.37. The van der Waals surface area contributed by atoms with Gasteiger partial charge < -0.3 is 10.1 Å². The second-order valence-corrected chi connectivity index (χ2v) is 6.85. The first-order chi connectivity index (χ1) is 8.85. The number of benzene rings is 1. The van der Waals surface area contributed by atoms with E-state index in [1.54, 1.807) is 38.3 Å². The number of nitrogens with one attached hydrogen (secondary N) is 2. The molecule has 1 unspecified atom stereocenters. The zero-order chi connectivity index (χ0) is 14.5. The van der Waals surface area contributed by atoms with Gasteiger partial charge in [0.25, 0.3) is 0 Å². The van der Waals surface area contributed by atoms with E-state index >= 15 is 0 Å². The average Bonchev–Trinajstić information content (AvgIpc) is 2.35. The minimum atomic E-state index is -3.40. The van der Waals surface area contributed by atoms with Crippen molar-refractivity contribution < 1.29 is 13.2 Å². The zero-order valence-corrected chi connectivity index (χ0v) is 12.6. The highest BCUT2D eigenvalue weighted by molar-refractivity contribution is 7.93. The van der Waals surface area contributed by atoms with Crippen LogP contribution in [-0.2, 0) is 10.0 Å². The Labute approximate surface area is 115 Å². The van der Waals surface area contributed by atoms with Crippen molar-refractivity contribution in [2.75, 3.05) is 18.4 Å². The van der Waals surface area contributed by atoms with E-state index in [2.05, 4.69) is 10.0 Å². The van der Waals surface area contributed by atoms with E-state index in [-0.39, 0.29) is 6.04 Å². The second kappa shape index (κ2) is 6.77. The van der Waals surface area contributed by atoms with Crippen LogP contribution in [0.5, 0.6) is 5.75 Å². The van der Waals surface area contributed by atoms with Crippen molar-refractivity contribution in [2.24, 2.45) is 0 Å². The van der Waals surface area contributed by atoms with Crippen LogP contribution in [0.25, 0.3) is 0 Å². The highest BCUT2D eigenvalue weighted by Gasteiger charge is 2.20. The molecule has 19 heavy (non-hydrogen) atoms. The first-order valence-corrected chi connectivity index (χ1v) is 7.79. The first kappa shape index (κ1) is 15.8. The molecule has 1 rings (SSSR count). The summed E-state index contributed by atoms with van der Waals surface area (Å²) in [6.45, 7) is 6.05. The summed E-state index contributed by atoms with van der Waals surface area (Å²) in [4.78, 5) is 0. The molecule has 6 heteroatoms. The summed E-state index contributed by atoms with van der Waals surface area (Å²) in [5.41, 5.74) is 0.510. The fourth-order valence-electron chi connectivity index (χ4n) is 1.46. The Morgan fingerprint density at radius 1 is 1.26 bits per heavy atom. The van der Waals surface area contributed by atoms with Gasteiger partial charge in [0.2, 0.25) is 10.0 Å². The second-order valence-electron chi connectivity index (χ2n) is 4.75. The van der Waals surface area contributed by atoms with E-state index in [9.17, 15) is 8.42 Å². The molecule has 0 aliphatic rings. The van der Waals surface area contributed by atoms with E-state index in [4.69, 9.17) is 4.74 Å². The molecule has 0 heterocycles. The summed E-state index contributed by atoms with van der Waals surface area (Å²) in [5, 5.41) is 2.60. The molecule has 0 fully saturated rings. The molecule has 0 aromatic heterocycles. The lowest BCUT2D eigenvalue weighted by molar-refractivity contribution is 0.415. The van der Waals surface area contributed by atoms with E-state index in [0.717, 1.165) is 0 Å². The maximum atomic E-state index is 12.1. The van der Waals surface area contributed by atoms with Crippen molar-refractivity contribution in [3.63, 3.8) is 0 Å². The Morgan fingerprint density at radius 2 is 1.95 bits per heavy atom. The molecule has 0 saturated heterocycles. The van der Waals surface area contributed by atoms with Gasteiger partial charge in [-0.05, 0) is 19.1 Å². The van der Waals surface area contributed by atoms with Gasteiger partial charge in [0.1, 0.15) is 5.75 Å². The highest BCUT2D eigenvalue weighted by Crippen LogP contribution is 2.18. The van der Waals surface area contributed by atoms with E-state index in [1.807, 2.05) is 13.8 Å². The van der Waals surface area contributed by atoms with Crippen LogP contribution in [0.3, 0.4) is 0 Å². The van der Waals surface area contributed by atoms with Gasteiger partial charge in [0.15, 0.2) is 0 Å². The number of anilines is 1. The maximum absolute atomic E-state index is 12.1. The Morgan fingerprint density at radius 3 is 2.53 bits per heavy atom. The molecule has 2 N–H and O–H groups in total. The Kier molecular flexibility index (Phi) is 5.62. The number of hydrogen-bond acceptors (Lipinski definition) is 4. The summed E-state index contributed by atoms with van der Waals surface area (Å²) in [6, 6.07) is 7.12. The van der Waals surface area contributed by atoms with Crippen LogP contribution >= 0.6 is 0 Å². The van der Waals surface area contributed by atoms with Crippen molar-refractivity contribution in [1.82, 2.24) is 5.32 Å². The fraction of sp³-hybridized carbons (Fsp3) is 0.538. The van der Waals surface area contributed by atoms with Gasteiger partial charge in [-0.25, -0.2) is 8.42 Å². The fourth-order valence-corrected chi connectivity index (χ4v) is 2.44. The lowest BCUT2D eigenvalue weighted by atomic mass is 10.3. The lowest BCUT2D eigenvalue weighted by Gasteiger charge is -2.17. The van der Waals surface area contributed by atoms with Gasteiger partial charge in [-0.15, -0.1) is 0 Å². The average molecular weight is 286 g/mol. The first-order valence-electron chi connectivity index (χ1n) is 6.24. The van der Waals surface area contributed by atoms with Gasteiger partial charge in [0, 0.05) is 18.7 Å². The summed E-state index contributed by atoms with van der Waals surface area (Å²) in [5.74, 6) is 0.619. The number of ether oxygens (including phenoxy) is 1. The summed E-state index contributed by atoms with van der Waals surface area (Å²) in [7, 11) is -1.86. The van der Waals surface area contributed by atoms with Crippen LogP contribution in [0.4, 0.5) is 5.69 Å². The molecule has 0 aliphatic heterocycles. The highest BCUT2D eigenvalue weighted by atomic mass is 32.2. The van der Waals surface area contributed by atoms with Crippen molar-refractivity contribution >= 4 is 15.7 Å². The SMILES string of the molecule is COc1cccc(NS(=O)(=O)C(C)CNC(C)C)c1. The molecule has 1 aromatic rings. The van der Waals surface area contributed by atoms with Crippen LogP contribution in [0.2, 0.25) is 0 Å².